The molecule has 246 valence electrons. The van der Waals surface area contributed by atoms with Crippen molar-refractivity contribution >= 4 is 65.0 Å². The molecule has 1 heterocycles. The van der Waals surface area contributed by atoms with Crippen LogP contribution in [0.5, 0.6) is 0 Å². The van der Waals surface area contributed by atoms with E-state index in [-0.39, 0.29) is 33.0 Å². The summed E-state index contributed by atoms with van der Waals surface area (Å²) in [6, 6.07) is -14.8. The maximum Gasteiger partial charge on any atom is 0.136 e. The van der Waals surface area contributed by atoms with Crippen LogP contribution in [0.3, 0.4) is 0 Å². The zero-order valence-corrected chi connectivity index (χ0v) is 26.8. The lowest BCUT2D eigenvalue weighted by atomic mass is 9.82. The van der Waals surface area contributed by atoms with Crippen LogP contribution >= 0.6 is 0 Å². The predicted molar refractivity (Wildman–Crippen MR) is 225 cm³/mol. The second-order valence-electron chi connectivity index (χ2n) is 11.9. The van der Waals surface area contributed by atoms with Crippen LogP contribution in [0.15, 0.2) is 198 Å². The van der Waals surface area contributed by atoms with E-state index in [1.54, 1.807) is 0 Å². The fourth-order valence-electron chi connectivity index (χ4n) is 6.90. The summed E-state index contributed by atoms with van der Waals surface area (Å²) in [5.74, 6) is 0. The van der Waals surface area contributed by atoms with Gasteiger partial charge in [-0.25, -0.2) is 0 Å². The molecule has 53 heavy (non-hydrogen) atoms. The van der Waals surface area contributed by atoms with Gasteiger partial charge < -0.3 is 4.42 Å². The standard InChI is InChI=1S/C52H32O/c1-3-18-36-33(14-1)16-11-26-38(36)35-30-31-47-49(32-35)53-48-29-13-28-42(52(47)48)39-20-5-6-21-41(39)51-45-24-9-7-22-43(45)50(44-23-8-10-25-46(44)51)40-27-12-17-34-15-2-4-19-37(34)40/h1-32H/i1D,2D,3D,4D,7D,8D,9D,10D,11D,12D,13D,14D,15D,16D,17D,18D,22D,23D,24D,25D,26D,27D,28D,29D,30D,31D,32D. The van der Waals surface area contributed by atoms with Gasteiger partial charge in [-0.3, -0.25) is 0 Å². The van der Waals surface area contributed by atoms with E-state index in [9.17, 15) is 12.3 Å². The number of furan rings is 1. The molecule has 0 saturated heterocycles. The normalized spacial score (nSPS) is 18.9. The first-order valence-electron chi connectivity index (χ1n) is 29.6. The molecule has 1 heteroatoms. The van der Waals surface area contributed by atoms with Crippen LogP contribution in [0.1, 0.15) is 37.0 Å². The Morgan fingerprint density at radius 2 is 0.887 bits per heavy atom. The Labute approximate surface area is 344 Å². The van der Waals surface area contributed by atoms with E-state index in [1.807, 2.05) is 0 Å². The monoisotopic (exact) mass is 699 g/mol. The first kappa shape index (κ1) is 13.5. The molecule has 0 amide bonds. The van der Waals surface area contributed by atoms with Crippen molar-refractivity contribution in [1.29, 1.82) is 0 Å². The number of hydrogen-bond donors (Lipinski definition) is 0. The van der Waals surface area contributed by atoms with E-state index >= 15 is 0 Å². The van der Waals surface area contributed by atoms with Crippen LogP contribution in [0.25, 0.3) is 110 Å². The topological polar surface area (TPSA) is 13.1 Å². The van der Waals surface area contributed by atoms with Crippen LogP contribution in [-0.4, -0.2) is 0 Å². The first-order valence-corrected chi connectivity index (χ1v) is 16.1. The molecule has 0 radical (unpaired) electrons. The molecule has 11 rings (SSSR count). The van der Waals surface area contributed by atoms with E-state index in [1.165, 1.54) is 24.3 Å². The van der Waals surface area contributed by atoms with Crippen molar-refractivity contribution < 1.29 is 41.4 Å². The lowest BCUT2D eigenvalue weighted by Crippen LogP contribution is -1.93. The first-order chi connectivity index (χ1) is 37.5. The Kier molecular flexibility index (Phi) is 3.02. The minimum Gasteiger partial charge on any atom is -0.456 e. The van der Waals surface area contributed by atoms with Crippen molar-refractivity contribution in [3.8, 4) is 44.5 Å². The summed E-state index contributed by atoms with van der Waals surface area (Å²) in [7, 11) is 0. The van der Waals surface area contributed by atoms with Gasteiger partial charge in [-0.15, -0.1) is 0 Å². The highest BCUT2D eigenvalue weighted by Crippen LogP contribution is 2.48. The summed E-state index contributed by atoms with van der Waals surface area (Å²) in [4.78, 5) is 0. The van der Waals surface area contributed by atoms with Crippen molar-refractivity contribution in [1.82, 2.24) is 0 Å². The van der Waals surface area contributed by atoms with Crippen LogP contribution in [0, 0.1) is 0 Å². The highest BCUT2D eigenvalue weighted by atomic mass is 16.3. The van der Waals surface area contributed by atoms with Gasteiger partial charge in [0, 0.05) is 10.8 Å². The van der Waals surface area contributed by atoms with E-state index in [0.29, 0.717) is 0 Å². The van der Waals surface area contributed by atoms with Crippen molar-refractivity contribution in [3.63, 3.8) is 0 Å². The fraction of sp³-hybridized carbons (Fsp3) is 0. The van der Waals surface area contributed by atoms with Gasteiger partial charge in [-0.2, -0.15) is 0 Å². The van der Waals surface area contributed by atoms with Crippen LogP contribution in [-0.2, 0) is 0 Å². The number of rotatable bonds is 4. The zero-order chi connectivity index (χ0) is 58.4. The molecule has 0 fully saturated rings. The van der Waals surface area contributed by atoms with Gasteiger partial charge in [0.2, 0.25) is 0 Å². The maximum absolute atomic E-state index is 9.63. The molecule has 1 aromatic heterocycles. The van der Waals surface area contributed by atoms with Crippen molar-refractivity contribution in [3.05, 3.63) is 193 Å². The fourth-order valence-corrected chi connectivity index (χ4v) is 6.90. The van der Waals surface area contributed by atoms with Gasteiger partial charge in [0.15, 0.2) is 0 Å². The maximum atomic E-state index is 9.63. The van der Waals surface area contributed by atoms with Gasteiger partial charge in [-0.05, 0) is 106 Å². The van der Waals surface area contributed by atoms with Gasteiger partial charge >= 0.3 is 0 Å². The highest BCUT2D eigenvalue weighted by molar-refractivity contribution is 6.25. The molecular formula is C52H32O. The molecule has 0 atom stereocenters. The summed E-state index contributed by atoms with van der Waals surface area (Å²) in [6.07, 6.45) is 0. The molecule has 0 aliphatic rings. The lowest BCUT2D eigenvalue weighted by molar-refractivity contribution is 0.669. The average Bonchev–Trinajstić information content (AvgIpc) is 4.01. The SMILES string of the molecule is [2H]c1cc2c(-c3c4c([2H])c([2H])c([2H])c([2H])c4c(-c4ccccc4-c4c([2H])c([2H])c([2H])c5oc6c([2H])c(-c7c([2H])c([2H])c([2H])c8c([2H])c([2H])c([2H])c([2H])c78)c([2H])c([2H])c6c45)c4c([2H])c([2H])c([2H])c([2H])c34)c([2H])c([2H])c([2H])c2c([2H])c1[2H]. The Morgan fingerprint density at radius 3 is 1.62 bits per heavy atom. The van der Waals surface area contributed by atoms with Crippen molar-refractivity contribution in [2.75, 3.05) is 0 Å². The highest BCUT2D eigenvalue weighted by Gasteiger charge is 2.21. The van der Waals surface area contributed by atoms with Gasteiger partial charge in [0.25, 0.3) is 0 Å². The Balaban J connectivity index is 1.35. The van der Waals surface area contributed by atoms with E-state index in [0.717, 1.165) is 6.07 Å². The minimum absolute atomic E-state index is 0.171. The average molecular weight is 700 g/mol. The second-order valence-corrected chi connectivity index (χ2v) is 11.9. The molecule has 1 nitrogen and oxygen atoms in total. The van der Waals surface area contributed by atoms with Gasteiger partial charge in [-0.1, -0.05) is 175 Å². The Hall–Kier alpha value is -6.96. The molecule has 0 N–H and O–H groups in total. The molecule has 0 bridgehead atoms. The molecule has 0 spiro atoms. The minimum atomic E-state index is -0.874. The molecule has 10 aromatic carbocycles. The Morgan fingerprint density at radius 1 is 0.340 bits per heavy atom. The van der Waals surface area contributed by atoms with E-state index in [2.05, 4.69) is 0 Å². The molecule has 0 aliphatic carbocycles. The Bertz CT molecular complexity index is 4700. The summed E-state index contributed by atoms with van der Waals surface area (Å²) in [6.45, 7) is 0. The number of fused-ring (bicyclic) bond motifs is 7. The molecule has 0 unspecified atom stereocenters. The summed E-state index contributed by atoms with van der Waals surface area (Å²) >= 11 is 0. The lowest BCUT2D eigenvalue weighted by Gasteiger charge is -2.20. The largest absolute Gasteiger partial charge is 0.456 e. The number of benzene rings is 10. The van der Waals surface area contributed by atoms with Crippen LogP contribution in [0.4, 0.5) is 0 Å². The van der Waals surface area contributed by atoms with Crippen molar-refractivity contribution in [2.24, 2.45) is 0 Å². The van der Waals surface area contributed by atoms with Crippen molar-refractivity contribution in [2.45, 2.75) is 0 Å². The summed E-state index contributed by atoms with van der Waals surface area (Å²) in [5.41, 5.74) is -4.40. The van der Waals surface area contributed by atoms with E-state index in [4.69, 9.17) is 29.1 Å². The number of hydrogen-bond acceptors (Lipinski definition) is 1. The molecule has 11 aromatic rings. The third-order valence-corrected chi connectivity index (χ3v) is 9.12. The second kappa shape index (κ2) is 11.8. The van der Waals surface area contributed by atoms with E-state index < -0.39 is 240 Å². The third kappa shape index (κ3) is 4.58. The smallest absolute Gasteiger partial charge is 0.136 e. The summed E-state index contributed by atoms with van der Waals surface area (Å²) < 4.78 is 251. The quantitative estimate of drug-likeness (QED) is 0.167. The summed E-state index contributed by atoms with van der Waals surface area (Å²) in [5, 5.41) is -4.48. The predicted octanol–water partition coefficient (Wildman–Crippen LogP) is 14.9. The third-order valence-electron chi connectivity index (χ3n) is 9.12. The van der Waals surface area contributed by atoms with Crippen LogP contribution in [0.2, 0.25) is 0 Å². The molecule has 0 saturated carbocycles. The molecule has 0 aliphatic heterocycles. The van der Waals surface area contributed by atoms with Gasteiger partial charge in [0.1, 0.15) is 11.2 Å². The van der Waals surface area contributed by atoms with Gasteiger partial charge in [0.05, 0.1) is 37.0 Å². The van der Waals surface area contributed by atoms with Crippen LogP contribution < -0.4 is 0 Å². The molecular weight excluding hydrogens is 641 g/mol. The zero-order valence-electron chi connectivity index (χ0n) is 53.8.